The van der Waals surface area contributed by atoms with E-state index in [-0.39, 0.29) is 5.69 Å². The molecule has 0 heterocycles. The van der Waals surface area contributed by atoms with E-state index < -0.39 is 17.6 Å². The first kappa shape index (κ1) is 20.8. The van der Waals surface area contributed by atoms with Gasteiger partial charge in [0.2, 0.25) is 0 Å². The fourth-order valence-electron chi connectivity index (χ4n) is 2.77. The summed E-state index contributed by atoms with van der Waals surface area (Å²) in [5, 5.41) is 2.63. The molecule has 2 aromatic rings. The van der Waals surface area contributed by atoms with Crippen LogP contribution >= 0.6 is 0 Å². The predicted molar refractivity (Wildman–Crippen MR) is 100 cm³/mol. The Hall–Kier alpha value is -2.54. The summed E-state index contributed by atoms with van der Waals surface area (Å²) in [7, 11) is 1.57. The van der Waals surface area contributed by atoms with E-state index in [9.17, 15) is 18.0 Å². The van der Waals surface area contributed by atoms with Crippen molar-refractivity contribution in [3.63, 3.8) is 0 Å². The maximum atomic E-state index is 13.1. The van der Waals surface area contributed by atoms with Gasteiger partial charge >= 0.3 is 6.18 Å². The van der Waals surface area contributed by atoms with Gasteiger partial charge in [0.15, 0.2) is 0 Å². The van der Waals surface area contributed by atoms with E-state index in [0.717, 1.165) is 17.7 Å². The van der Waals surface area contributed by atoms with E-state index in [1.807, 2.05) is 18.7 Å². The van der Waals surface area contributed by atoms with E-state index in [2.05, 4.69) is 5.32 Å². The molecule has 0 radical (unpaired) electrons. The van der Waals surface area contributed by atoms with Gasteiger partial charge in [-0.25, -0.2) is 0 Å². The molecule has 7 heteroatoms. The second-order valence-corrected chi connectivity index (χ2v) is 5.99. The number of carbonyl (C=O) groups excluding carboxylic acids is 1. The van der Waals surface area contributed by atoms with E-state index >= 15 is 0 Å². The molecule has 27 heavy (non-hydrogen) atoms. The van der Waals surface area contributed by atoms with Gasteiger partial charge in [0.05, 0.1) is 23.5 Å². The molecule has 0 spiro atoms. The number of carbonyl (C=O) groups is 1. The summed E-state index contributed by atoms with van der Waals surface area (Å²) in [5.41, 5.74) is 1.15. The lowest BCUT2D eigenvalue weighted by Gasteiger charge is -2.25. The number of amides is 1. The average Bonchev–Trinajstić information content (AvgIpc) is 2.63. The number of anilines is 2. The summed E-state index contributed by atoms with van der Waals surface area (Å²) in [6, 6.07) is 10.1. The van der Waals surface area contributed by atoms with Crippen LogP contribution in [0.5, 0.6) is 0 Å². The highest BCUT2D eigenvalue weighted by atomic mass is 19.4. The number of rotatable bonds is 7. The fourth-order valence-corrected chi connectivity index (χ4v) is 2.77. The van der Waals surface area contributed by atoms with E-state index in [0.29, 0.717) is 30.9 Å². The minimum absolute atomic E-state index is 0.138. The SMILES string of the molecule is CCN(CC)c1ccc(C(F)(F)F)cc1NC(=O)c1ccc(COC)cc1. The summed E-state index contributed by atoms with van der Waals surface area (Å²) >= 11 is 0. The van der Waals surface area contributed by atoms with Crippen molar-refractivity contribution in [2.75, 3.05) is 30.4 Å². The molecule has 1 amide bonds. The first-order chi connectivity index (χ1) is 12.8. The summed E-state index contributed by atoms with van der Waals surface area (Å²) in [6.45, 7) is 5.44. The summed E-state index contributed by atoms with van der Waals surface area (Å²) in [6.07, 6.45) is -4.48. The zero-order valence-electron chi connectivity index (χ0n) is 15.6. The maximum Gasteiger partial charge on any atom is 0.416 e. The molecule has 0 bridgehead atoms. The van der Waals surface area contributed by atoms with Gasteiger partial charge in [0.1, 0.15) is 0 Å². The first-order valence-corrected chi connectivity index (χ1v) is 8.65. The monoisotopic (exact) mass is 380 g/mol. The predicted octanol–water partition coefficient (Wildman–Crippen LogP) is 4.95. The Balaban J connectivity index is 2.34. The second kappa shape index (κ2) is 8.90. The highest BCUT2D eigenvalue weighted by molar-refractivity contribution is 6.06. The summed E-state index contributed by atoms with van der Waals surface area (Å²) < 4.78 is 44.3. The second-order valence-electron chi connectivity index (χ2n) is 5.99. The molecule has 146 valence electrons. The van der Waals surface area contributed by atoms with Crippen LogP contribution < -0.4 is 10.2 Å². The van der Waals surface area contributed by atoms with Crippen molar-refractivity contribution in [3.8, 4) is 0 Å². The Labute approximate surface area is 156 Å². The molecule has 4 nitrogen and oxygen atoms in total. The van der Waals surface area contributed by atoms with Gasteiger partial charge in [0, 0.05) is 25.8 Å². The zero-order chi connectivity index (χ0) is 20.0. The molecule has 2 rings (SSSR count). The Morgan fingerprint density at radius 2 is 1.70 bits per heavy atom. The van der Waals surface area contributed by atoms with Gasteiger partial charge in [-0.3, -0.25) is 4.79 Å². The maximum absolute atomic E-state index is 13.1. The molecular weight excluding hydrogens is 357 g/mol. The van der Waals surface area contributed by atoms with E-state index in [1.54, 1.807) is 31.4 Å². The third kappa shape index (κ3) is 5.23. The first-order valence-electron chi connectivity index (χ1n) is 8.65. The van der Waals surface area contributed by atoms with Crippen LogP contribution in [-0.4, -0.2) is 26.1 Å². The van der Waals surface area contributed by atoms with Crippen LogP contribution in [0.2, 0.25) is 0 Å². The normalized spacial score (nSPS) is 11.3. The summed E-state index contributed by atoms with van der Waals surface area (Å²) in [5.74, 6) is -0.466. The number of nitrogens with zero attached hydrogens (tertiary/aromatic N) is 1. The molecule has 0 saturated carbocycles. The third-order valence-corrected chi connectivity index (χ3v) is 4.20. The Kier molecular flexibility index (Phi) is 6.85. The lowest BCUT2D eigenvalue weighted by molar-refractivity contribution is -0.137. The Morgan fingerprint density at radius 1 is 1.07 bits per heavy atom. The highest BCUT2D eigenvalue weighted by Crippen LogP contribution is 2.35. The van der Waals surface area contributed by atoms with Crippen molar-refractivity contribution < 1.29 is 22.7 Å². The van der Waals surface area contributed by atoms with E-state index in [4.69, 9.17) is 4.74 Å². The van der Waals surface area contributed by atoms with Gasteiger partial charge in [-0.2, -0.15) is 13.2 Å². The zero-order valence-corrected chi connectivity index (χ0v) is 15.6. The average molecular weight is 380 g/mol. The number of ether oxygens (including phenoxy) is 1. The molecule has 0 aliphatic rings. The molecular formula is C20H23F3N2O2. The molecule has 0 atom stereocenters. The molecule has 0 aliphatic carbocycles. The number of halogens is 3. The molecule has 0 aromatic heterocycles. The van der Waals surface area contributed by atoms with Crippen LogP contribution in [0.4, 0.5) is 24.5 Å². The highest BCUT2D eigenvalue weighted by Gasteiger charge is 2.31. The van der Waals surface area contributed by atoms with Crippen LogP contribution in [0.1, 0.15) is 35.3 Å². The van der Waals surface area contributed by atoms with Crippen LogP contribution in [0.25, 0.3) is 0 Å². The molecule has 2 aromatic carbocycles. The molecule has 0 fully saturated rings. The lowest BCUT2D eigenvalue weighted by Crippen LogP contribution is -2.24. The smallest absolute Gasteiger partial charge is 0.380 e. The lowest BCUT2D eigenvalue weighted by atomic mass is 10.1. The van der Waals surface area contributed by atoms with Gasteiger partial charge in [-0.1, -0.05) is 12.1 Å². The molecule has 1 N–H and O–H groups in total. The van der Waals surface area contributed by atoms with Crippen molar-refractivity contribution in [2.45, 2.75) is 26.6 Å². The van der Waals surface area contributed by atoms with Crippen LogP contribution in [0.3, 0.4) is 0 Å². The fraction of sp³-hybridized carbons (Fsp3) is 0.350. The van der Waals surface area contributed by atoms with Crippen molar-refractivity contribution in [3.05, 3.63) is 59.2 Å². The van der Waals surface area contributed by atoms with Crippen molar-refractivity contribution in [1.82, 2.24) is 0 Å². The number of methoxy groups -OCH3 is 1. The largest absolute Gasteiger partial charge is 0.416 e. The van der Waals surface area contributed by atoms with Crippen molar-refractivity contribution >= 4 is 17.3 Å². The molecule has 0 aliphatic heterocycles. The van der Waals surface area contributed by atoms with Gasteiger partial charge in [-0.15, -0.1) is 0 Å². The van der Waals surface area contributed by atoms with Gasteiger partial charge in [-0.05, 0) is 49.7 Å². The third-order valence-electron chi connectivity index (χ3n) is 4.20. The van der Waals surface area contributed by atoms with Crippen molar-refractivity contribution in [2.24, 2.45) is 0 Å². The number of hydrogen-bond donors (Lipinski definition) is 1. The number of benzene rings is 2. The number of alkyl halides is 3. The molecule has 0 saturated heterocycles. The van der Waals surface area contributed by atoms with Crippen LogP contribution in [0.15, 0.2) is 42.5 Å². The Morgan fingerprint density at radius 3 is 2.22 bits per heavy atom. The van der Waals surface area contributed by atoms with Crippen LogP contribution in [-0.2, 0) is 17.5 Å². The number of hydrogen-bond acceptors (Lipinski definition) is 3. The van der Waals surface area contributed by atoms with Crippen molar-refractivity contribution in [1.29, 1.82) is 0 Å². The minimum atomic E-state index is -4.48. The van der Waals surface area contributed by atoms with Crippen LogP contribution in [0, 0.1) is 0 Å². The minimum Gasteiger partial charge on any atom is -0.380 e. The quantitative estimate of drug-likeness (QED) is 0.739. The summed E-state index contributed by atoms with van der Waals surface area (Å²) in [4.78, 5) is 14.4. The topological polar surface area (TPSA) is 41.6 Å². The number of nitrogens with one attached hydrogen (secondary N) is 1. The standard InChI is InChI=1S/C20H23F3N2O2/c1-4-25(5-2)18-11-10-16(20(21,22)23)12-17(18)24-19(26)15-8-6-14(7-9-15)13-27-3/h6-12H,4-5,13H2,1-3H3,(H,24,26). The van der Waals surface area contributed by atoms with Gasteiger partial charge < -0.3 is 15.0 Å². The van der Waals surface area contributed by atoms with Gasteiger partial charge in [0.25, 0.3) is 5.91 Å². The molecule has 0 unspecified atom stereocenters. The Bertz CT molecular complexity index is 770. The van der Waals surface area contributed by atoms with E-state index in [1.165, 1.54) is 6.07 Å².